The summed E-state index contributed by atoms with van der Waals surface area (Å²) in [5.74, 6) is 0.0455. The number of aryl methyl sites for hydroxylation is 3. The van der Waals surface area contributed by atoms with Gasteiger partial charge >= 0.3 is 0 Å². The van der Waals surface area contributed by atoms with Gasteiger partial charge in [-0.25, -0.2) is 0 Å². The summed E-state index contributed by atoms with van der Waals surface area (Å²) < 4.78 is 0. The molecule has 1 aliphatic heterocycles. The number of amides is 1. The summed E-state index contributed by atoms with van der Waals surface area (Å²) in [6.45, 7) is 8.29. The van der Waals surface area contributed by atoms with Gasteiger partial charge in [0.25, 0.3) is 0 Å². The second kappa shape index (κ2) is 5.72. The molecule has 104 valence electrons. The first-order chi connectivity index (χ1) is 8.95. The number of hydrogen-bond donors (Lipinski definition) is 2. The van der Waals surface area contributed by atoms with Crippen LogP contribution in [0.3, 0.4) is 0 Å². The Morgan fingerprint density at radius 1 is 1.37 bits per heavy atom. The summed E-state index contributed by atoms with van der Waals surface area (Å²) in [5.41, 5.74) is 10.2. The first-order valence-corrected chi connectivity index (χ1v) is 6.81. The maximum absolute atomic E-state index is 12.1. The second-order valence-corrected chi connectivity index (χ2v) is 5.61. The third kappa shape index (κ3) is 3.55. The summed E-state index contributed by atoms with van der Waals surface area (Å²) in [5, 5.41) is 3.03. The highest BCUT2D eigenvalue weighted by Crippen LogP contribution is 2.22. The molecular weight excluding hydrogens is 238 g/mol. The average Bonchev–Trinajstić information content (AvgIpc) is 2.69. The maximum Gasteiger partial charge on any atom is 0.238 e. The minimum absolute atomic E-state index is 0.0455. The van der Waals surface area contributed by atoms with Crippen LogP contribution in [-0.4, -0.2) is 36.5 Å². The third-order valence-electron chi connectivity index (χ3n) is 3.62. The van der Waals surface area contributed by atoms with Crippen LogP contribution in [0.1, 0.15) is 23.1 Å². The van der Waals surface area contributed by atoms with Crippen LogP contribution in [0.4, 0.5) is 5.69 Å². The summed E-state index contributed by atoms with van der Waals surface area (Å²) in [6.07, 6.45) is 0.982. The molecule has 1 aromatic carbocycles. The zero-order chi connectivity index (χ0) is 14.0. The van der Waals surface area contributed by atoms with E-state index in [4.69, 9.17) is 5.73 Å². The Morgan fingerprint density at radius 2 is 2.00 bits per heavy atom. The molecule has 0 saturated carbocycles. The number of nitrogens with zero attached hydrogens (tertiary/aromatic N) is 1. The van der Waals surface area contributed by atoms with E-state index in [9.17, 15) is 4.79 Å². The van der Waals surface area contributed by atoms with Gasteiger partial charge in [0.1, 0.15) is 0 Å². The van der Waals surface area contributed by atoms with Crippen LogP contribution in [0.5, 0.6) is 0 Å². The third-order valence-corrected chi connectivity index (χ3v) is 3.62. The van der Waals surface area contributed by atoms with E-state index < -0.39 is 0 Å². The van der Waals surface area contributed by atoms with Gasteiger partial charge in [0, 0.05) is 24.8 Å². The van der Waals surface area contributed by atoms with Crippen LogP contribution in [-0.2, 0) is 4.79 Å². The number of rotatable bonds is 3. The highest BCUT2D eigenvalue weighted by atomic mass is 16.2. The lowest BCUT2D eigenvalue weighted by molar-refractivity contribution is -0.117. The van der Waals surface area contributed by atoms with Gasteiger partial charge < -0.3 is 11.1 Å². The quantitative estimate of drug-likeness (QED) is 0.868. The lowest BCUT2D eigenvalue weighted by atomic mass is 10.1. The second-order valence-electron chi connectivity index (χ2n) is 5.61. The molecule has 0 bridgehead atoms. The van der Waals surface area contributed by atoms with Gasteiger partial charge in [-0.1, -0.05) is 17.7 Å². The Kier molecular flexibility index (Phi) is 4.22. The van der Waals surface area contributed by atoms with Crippen molar-refractivity contribution in [2.24, 2.45) is 5.73 Å². The summed E-state index contributed by atoms with van der Waals surface area (Å²) in [4.78, 5) is 14.2. The van der Waals surface area contributed by atoms with E-state index in [-0.39, 0.29) is 11.9 Å². The van der Waals surface area contributed by atoms with Crippen LogP contribution in [0.25, 0.3) is 0 Å². The van der Waals surface area contributed by atoms with Crippen molar-refractivity contribution in [3.63, 3.8) is 0 Å². The monoisotopic (exact) mass is 261 g/mol. The number of carbonyl (C=O) groups excluding carboxylic acids is 1. The van der Waals surface area contributed by atoms with E-state index in [2.05, 4.69) is 29.3 Å². The summed E-state index contributed by atoms with van der Waals surface area (Å²) >= 11 is 0. The molecule has 1 saturated heterocycles. The van der Waals surface area contributed by atoms with Crippen molar-refractivity contribution in [1.29, 1.82) is 0 Å². The maximum atomic E-state index is 12.1. The lowest BCUT2D eigenvalue weighted by Gasteiger charge is -2.17. The van der Waals surface area contributed by atoms with Crippen molar-refractivity contribution in [3.05, 3.63) is 28.8 Å². The van der Waals surface area contributed by atoms with Crippen LogP contribution >= 0.6 is 0 Å². The molecule has 0 aromatic heterocycles. The van der Waals surface area contributed by atoms with Crippen molar-refractivity contribution in [2.45, 2.75) is 33.2 Å². The molecule has 0 spiro atoms. The fraction of sp³-hybridized carbons (Fsp3) is 0.533. The predicted molar refractivity (Wildman–Crippen MR) is 78.3 cm³/mol. The molecule has 0 aliphatic carbocycles. The standard InChI is InChI=1S/C15H23N3O/c1-10-6-11(2)15(12(3)7-10)17-14(19)9-18-5-4-13(16)8-18/h6-7,13H,4-5,8-9,16H2,1-3H3,(H,17,19)/t13-/m1/s1. The molecule has 1 amide bonds. The number of nitrogens with two attached hydrogens (primary N) is 1. The van der Waals surface area contributed by atoms with Gasteiger partial charge in [0.15, 0.2) is 0 Å². The molecule has 2 rings (SSSR count). The predicted octanol–water partition coefficient (Wildman–Crippen LogP) is 1.58. The molecule has 19 heavy (non-hydrogen) atoms. The van der Waals surface area contributed by atoms with Gasteiger partial charge in [-0.3, -0.25) is 9.69 Å². The van der Waals surface area contributed by atoms with E-state index in [0.29, 0.717) is 6.54 Å². The van der Waals surface area contributed by atoms with E-state index in [0.717, 1.165) is 36.3 Å². The highest BCUT2D eigenvalue weighted by Gasteiger charge is 2.21. The average molecular weight is 261 g/mol. The van der Waals surface area contributed by atoms with Gasteiger partial charge in [-0.2, -0.15) is 0 Å². The van der Waals surface area contributed by atoms with Crippen molar-refractivity contribution >= 4 is 11.6 Å². The number of nitrogens with one attached hydrogen (secondary N) is 1. The Hall–Kier alpha value is -1.39. The van der Waals surface area contributed by atoms with Crippen molar-refractivity contribution < 1.29 is 4.79 Å². The Morgan fingerprint density at radius 3 is 2.53 bits per heavy atom. The minimum Gasteiger partial charge on any atom is -0.326 e. The first-order valence-electron chi connectivity index (χ1n) is 6.81. The van der Waals surface area contributed by atoms with Crippen LogP contribution in [0.15, 0.2) is 12.1 Å². The molecule has 1 heterocycles. The summed E-state index contributed by atoms with van der Waals surface area (Å²) in [6, 6.07) is 4.40. The number of hydrogen-bond acceptors (Lipinski definition) is 3. The molecule has 4 heteroatoms. The normalized spacial score (nSPS) is 19.7. The molecule has 1 atom stereocenters. The Labute approximate surface area is 115 Å². The van der Waals surface area contributed by atoms with E-state index in [1.165, 1.54) is 5.56 Å². The van der Waals surface area contributed by atoms with Crippen molar-refractivity contribution in [2.75, 3.05) is 25.0 Å². The molecular formula is C15H23N3O. The van der Waals surface area contributed by atoms with E-state index in [1.54, 1.807) is 0 Å². The molecule has 0 unspecified atom stereocenters. The number of likely N-dealkylation sites (tertiary alicyclic amines) is 1. The van der Waals surface area contributed by atoms with E-state index >= 15 is 0 Å². The fourth-order valence-corrected chi connectivity index (χ4v) is 2.77. The lowest BCUT2D eigenvalue weighted by Crippen LogP contribution is -2.34. The number of anilines is 1. The molecule has 1 aliphatic rings. The smallest absolute Gasteiger partial charge is 0.238 e. The largest absolute Gasteiger partial charge is 0.326 e. The Balaban J connectivity index is 1.99. The highest BCUT2D eigenvalue weighted by molar-refractivity contribution is 5.93. The van der Waals surface area contributed by atoms with Crippen molar-refractivity contribution in [3.8, 4) is 0 Å². The van der Waals surface area contributed by atoms with Crippen LogP contribution in [0.2, 0.25) is 0 Å². The first kappa shape index (κ1) is 14.0. The number of carbonyl (C=O) groups is 1. The van der Waals surface area contributed by atoms with Crippen molar-refractivity contribution in [1.82, 2.24) is 4.90 Å². The van der Waals surface area contributed by atoms with Crippen LogP contribution < -0.4 is 11.1 Å². The van der Waals surface area contributed by atoms with Gasteiger partial charge in [-0.15, -0.1) is 0 Å². The Bertz CT molecular complexity index is 461. The minimum atomic E-state index is 0.0455. The molecule has 1 fully saturated rings. The zero-order valence-electron chi connectivity index (χ0n) is 12.0. The van der Waals surface area contributed by atoms with Gasteiger partial charge in [0.05, 0.1) is 6.54 Å². The molecule has 1 aromatic rings. The molecule has 4 nitrogen and oxygen atoms in total. The zero-order valence-corrected chi connectivity index (χ0v) is 12.0. The molecule has 0 radical (unpaired) electrons. The van der Waals surface area contributed by atoms with Gasteiger partial charge in [-0.05, 0) is 38.3 Å². The number of benzene rings is 1. The topological polar surface area (TPSA) is 58.4 Å². The molecule has 3 N–H and O–H groups in total. The fourth-order valence-electron chi connectivity index (χ4n) is 2.77. The SMILES string of the molecule is Cc1cc(C)c(NC(=O)CN2CC[C@@H](N)C2)c(C)c1. The van der Waals surface area contributed by atoms with Crippen LogP contribution in [0, 0.1) is 20.8 Å². The van der Waals surface area contributed by atoms with E-state index in [1.807, 2.05) is 13.8 Å². The summed E-state index contributed by atoms with van der Waals surface area (Å²) in [7, 11) is 0. The van der Waals surface area contributed by atoms with Gasteiger partial charge in [0.2, 0.25) is 5.91 Å².